The molecule has 5 nitrogen and oxygen atoms in total. The van der Waals surface area contributed by atoms with Crippen LogP contribution in [0.4, 0.5) is 0 Å². The van der Waals surface area contributed by atoms with Gasteiger partial charge in [0.25, 0.3) is 0 Å². The van der Waals surface area contributed by atoms with Crippen LogP contribution in [0, 0.1) is 0 Å². The normalized spacial score (nSPS) is 12.9. The van der Waals surface area contributed by atoms with Gasteiger partial charge in [-0.1, -0.05) is 0 Å². The molecule has 0 rings (SSSR count). The fourth-order valence-corrected chi connectivity index (χ4v) is 0.471. The van der Waals surface area contributed by atoms with E-state index < -0.39 is 12.3 Å². The van der Waals surface area contributed by atoms with Gasteiger partial charge in [0, 0.05) is 6.54 Å². The van der Waals surface area contributed by atoms with Crippen LogP contribution < -0.4 is 5.73 Å². The van der Waals surface area contributed by atoms with E-state index in [1.54, 1.807) is 6.92 Å². The lowest BCUT2D eigenvalue weighted by Crippen LogP contribution is -2.21. The van der Waals surface area contributed by atoms with Gasteiger partial charge in [-0.3, -0.25) is 0 Å². The maximum Gasteiger partial charge on any atom is 0.329 e. The highest BCUT2D eigenvalue weighted by Gasteiger charge is 2.03. The highest BCUT2D eigenvalue weighted by Crippen LogP contribution is 1.91. The molecule has 0 saturated carbocycles. The average Bonchev–Trinajstić information content (AvgIpc) is 1.97. The van der Waals surface area contributed by atoms with Gasteiger partial charge in [0.05, 0.1) is 6.61 Å². The van der Waals surface area contributed by atoms with Gasteiger partial charge in [0.1, 0.15) is 6.61 Å². The van der Waals surface area contributed by atoms with E-state index in [1.165, 1.54) is 0 Å². The topological polar surface area (TPSA) is 81.8 Å². The highest BCUT2D eigenvalue weighted by atomic mass is 16.7. The van der Waals surface area contributed by atoms with Crippen LogP contribution in [0.3, 0.4) is 0 Å². The molecule has 0 aromatic heterocycles. The highest BCUT2D eigenvalue weighted by molar-refractivity contribution is 5.67. The fraction of sp³-hybridized carbons (Fsp3) is 0.833. The van der Waals surface area contributed by atoms with E-state index in [0.29, 0.717) is 13.2 Å². The minimum absolute atomic E-state index is 0.342. The summed E-state index contributed by atoms with van der Waals surface area (Å²) in [7, 11) is 0. The van der Waals surface area contributed by atoms with Crippen molar-refractivity contribution in [1.29, 1.82) is 0 Å². The van der Waals surface area contributed by atoms with Crippen LogP contribution in [0.5, 0.6) is 0 Å². The second-order valence-electron chi connectivity index (χ2n) is 1.93. The SMILES string of the molecule is CC(OCCN)OCC(=O)O. The third kappa shape index (κ3) is 7.24. The minimum atomic E-state index is -1.01. The zero-order chi connectivity index (χ0) is 8.69. The number of aliphatic carboxylic acids is 1. The Morgan fingerprint density at radius 3 is 2.73 bits per heavy atom. The minimum Gasteiger partial charge on any atom is -0.480 e. The number of hydrogen-bond acceptors (Lipinski definition) is 4. The first kappa shape index (κ1) is 10.3. The van der Waals surface area contributed by atoms with Crippen LogP contribution in [-0.4, -0.2) is 37.1 Å². The molecule has 11 heavy (non-hydrogen) atoms. The van der Waals surface area contributed by atoms with Crippen molar-refractivity contribution < 1.29 is 19.4 Å². The summed E-state index contributed by atoms with van der Waals surface area (Å²) in [5.74, 6) is -1.01. The maximum atomic E-state index is 9.97. The molecule has 0 aromatic rings. The number of carboxylic acids is 1. The average molecular weight is 163 g/mol. The first-order valence-corrected chi connectivity index (χ1v) is 3.32. The first-order valence-electron chi connectivity index (χ1n) is 3.32. The molecule has 0 fully saturated rings. The Bertz CT molecular complexity index is 117. The maximum absolute atomic E-state index is 9.97. The van der Waals surface area contributed by atoms with Gasteiger partial charge in [-0.2, -0.15) is 0 Å². The van der Waals surface area contributed by atoms with Crippen molar-refractivity contribution in [2.75, 3.05) is 19.8 Å². The van der Waals surface area contributed by atoms with Crippen molar-refractivity contribution >= 4 is 5.97 Å². The predicted molar refractivity (Wildman–Crippen MR) is 38.1 cm³/mol. The molecule has 0 radical (unpaired) electrons. The molecule has 3 N–H and O–H groups in total. The van der Waals surface area contributed by atoms with Crippen molar-refractivity contribution in [3.8, 4) is 0 Å². The molecule has 0 aromatic carbocycles. The van der Waals surface area contributed by atoms with Crippen molar-refractivity contribution in [2.45, 2.75) is 13.2 Å². The van der Waals surface area contributed by atoms with E-state index in [9.17, 15) is 4.79 Å². The Kier molecular flexibility index (Phi) is 5.73. The van der Waals surface area contributed by atoms with Crippen LogP contribution in [-0.2, 0) is 14.3 Å². The van der Waals surface area contributed by atoms with Gasteiger partial charge in [-0.15, -0.1) is 0 Å². The molecular formula is C6H13NO4. The summed E-state index contributed by atoms with van der Waals surface area (Å²) in [6, 6.07) is 0. The molecule has 0 spiro atoms. The van der Waals surface area contributed by atoms with Crippen molar-refractivity contribution in [3.05, 3.63) is 0 Å². The molecule has 0 aliphatic carbocycles. The fourth-order valence-electron chi connectivity index (χ4n) is 0.471. The Morgan fingerprint density at radius 1 is 1.64 bits per heavy atom. The van der Waals surface area contributed by atoms with E-state index >= 15 is 0 Å². The zero-order valence-electron chi connectivity index (χ0n) is 6.45. The molecule has 5 heteroatoms. The number of carboxylic acid groups (broad SMARTS) is 1. The molecule has 66 valence electrons. The second kappa shape index (κ2) is 6.09. The molecule has 1 atom stereocenters. The third-order valence-electron chi connectivity index (χ3n) is 0.912. The summed E-state index contributed by atoms with van der Waals surface area (Å²) in [6.45, 7) is 2.06. The van der Waals surface area contributed by atoms with Crippen molar-refractivity contribution in [2.24, 2.45) is 5.73 Å². The summed E-state index contributed by atoms with van der Waals surface area (Å²) < 4.78 is 9.66. The summed E-state index contributed by atoms with van der Waals surface area (Å²) in [6.07, 6.45) is -0.505. The van der Waals surface area contributed by atoms with Gasteiger partial charge in [0.2, 0.25) is 0 Å². The molecule has 1 unspecified atom stereocenters. The molecule has 0 aliphatic rings. The van der Waals surface area contributed by atoms with Gasteiger partial charge >= 0.3 is 5.97 Å². The summed E-state index contributed by atoms with van der Waals surface area (Å²) >= 11 is 0. The lowest BCUT2D eigenvalue weighted by molar-refractivity contribution is -0.162. The van der Waals surface area contributed by atoms with Crippen LogP contribution in [0.15, 0.2) is 0 Å². The van der Waals surface area contributed by atoms with Gasteiger partial charge in [-0.05, 0) is 6.92 Å². The number of ether oxygens (including phenoxy) is 2. The quantitative estimate of drug-likeness (QED) is 0.511. The zero-order valence-corrected chi connectivity index (χ0v) is 6.45. The Morgan fingerprint density at radius 2 is 2.27 bits per heavy atom. The summed E-state index contributed by atoms with van der Waals surface area (Å²) in [4.78, 5) is 9.97. The smallest absolute Gasteiger partial charge is 0.329 e. The lowest BCUT2D eigenvalue weighted by Gasteiger charge is -2.11. The van der Waals surface area contributed by atoms with E-state index in [4.69, 9.17) is 20.3 Å². The number of carbonyl (C=O) groups is 1. The molecule has 0 aliphatic heterocycles. The second-order valence-corrected chi connectivity index (χ2v) is 1.93. The standard InChI is InChI=1S/C6H13NO4/c1-5(10-3-2-7)11-4-6(8)9/h5H,2-4,7H2,1H3,(H,8,9). The monoisotopic (exact) mass is 163 g/mol. The van der Waals surface area contributed by atoms with E-state index in [1.807, 2.05) is 0 Å². The van der Waals surface area contributed by atoms with Crippen LogP contribution in [0.1, 0.15) is 6.92 Å². The van der Waals surface area contributed by atoms with Crippen LogP contribution in [0.25, 0.3) is 0 Å². The van der Waals surface area contributed by atoms with E-state index in [0.717, 1.165) is 0 Å². The molecule has 0 amide bonds. The Labute approximate surface area is 65.1 Å². The molecule has 0 heterocycles. The lowest BCUT2D eigenvalue weighted by atomic mass is 10.6. The van der Waals surface area contributed by atoms with Gasteiger partial charge < -0.3 is 20.3 Å². The molecular weight excluding hydrogens is 150 g/mol. The largest absolute Gasteiger partial charge is 0.480 e. The van der Waals surface area contributed by atoms with E-state index in [-0.39, 0.29) is 6.61 Å². The van der Waals surface area contributed by atoms with Crippen molar-refractivity contribution in [3.63, 3.8) is 0 Å². The Hall–Kier alpha value is -0.650. The molecule has 0 bridgehead atoms. The van der Waals surface area contributed by atoms with Crippen molar-refractivity contribution in [1.82, 2.24) is 0 Å². The third-order valence-corrected chi connectivity index (χ3v) is 0.912. The predicted octanol–water partition coefficient (Wildman–Crippen LogP) is -0.591. The number of hydrogen-bond donors (Lipinski definition) is 2. The van der Waals surface area contributed by atoms with Gasteiger partial charge in [-0.25, -0.2) is 4.79 Å². The number of rotatable bonds is 6. The number of nitrogens with two attached hydrogens (primary N) is 1. The van der Waals surface area contributed by atoms with Crippen LogP contribution >= 0.6 is 0 Å². The van der Waals surface area contributed by atoms with Crippen LogP contribution in [0.2, 0.25) is 0 Å². The first-order chi connectivity index (χ1) is 5.16. The van der Waals surface area contributed by atoms with Gasteiger partial charge in [0.15, 0.2) is 6.29 Å². The summed E-state index contributed by atoms with van der Waals surface area (Å²) in [5.41, 5.74) is 5.14. The molecule has 0 saturated heterocycles. The van der Waals surface area contributed by atoms with E-state index in [2.05, 4.69) is 0 Å². The Balaban J connectivity index is 3.22. The summed E-state index contributed by atoms with van der Waals surface area (Å²) in [5, 5.41) is 8.18.